The summed E-state index contributed by atoms with van der Waals surface area (Å²) in [6.07, 6.45) is 0. The van der Waals surface area contributed by atoms with Gasteiger partial charge in [-0.3, -0.25) is 14.9 Å². The van der Waals surface area contributed by atoms with E-state index in [1.165, 1.54) is 6.07 Å². The van der Waals surface area contributed by atoms with E-state index in [0.717, 1.165) is 37.6 Å². The van der Waals surface area contributed by atoms with Gasteiger partial charge in [-0.1, -0.05) is 18.2 Å². The average molecular weight is 432 g/mol. The van der Waals surface area contributed by atoms with E-state index in [0.29, 0.717) is 16.9 Å². The SMILES string of the molecule is Cc1ccc(C(=O)Nc2cccc(-c3ccc(N4CCN(C)CC4)nn3)c2)cc1[N+](=O)[O-]. The molecule has 2 aromatic carbocycles. The Morgan fingerprint density at radius 1 is 1.03 bits per heavy atom. The van der Waals surface area contributed by atoms with E-state index in [1.807, 2.05) is 24.3 Å². The third-order valence-electron chi connectivity index (χ3n) is 5.56. The second-order valence-electron chi connectivity index (χ2n) is 7.86. The van der Waals surface area contributed by atoms with Gasteiger partial charge in [-0.25, -0.2) is 0 Å². The minimum atomic E-state index is -0.489. The molecule has 1 aliphatic heterocycles. The van der Waals surface area contributed by atoms with Crippen molar-refractivity contribution in [3.63, 3.8) is 0 Å². The van der Waals surface area contributed by atoms with E-state index in [2.05, 4.69) is 32.4 Å². The van der Waals surface area contributed by atoms with Gasteiger partial charge in [-0.15, -0.1) is 10.2 Å². The lowest BCUT2D eigenvalue weighted by molar-refractivity contribution is -0.385. The Hall–Kier alpha value is -3.85. The zero-order chi connectivity index (χ0) is 22.7. The Kier molecular flexibility index (Phi) is 6.09. The second kappa shape index (κ2) is 9.11. The first kappa shape index (κ1) is 21.4. The van der Waals surface area contributed by atoms with Crippen molar-refractivity contribution in [2.75, 3.05) is 43.4 Å². The summed E-state index contributed by atoms with van der Waals surface area (Å²) in [6, 6.07) is 15.6. The molecular weight excluding hydrogens is 408 g/mol. The Balaban J connectivity index is 1.48. The van der Waals surface area contributed by atoms with Crippen LogP contribution in [0.5, 0.6) is 0 Å². The number of likely N-dealkylation sites (N-methyl/N-ethyl adjacent to an activating group) is 1. The van der Waals surface area contributed by atoms with E-state index < -0.39 is 10.8 Å². The molecule has 1 fully saturated rings. The molecule has 0 saturated carbocycles. The lowest BCUT2D eigenvalue weighted by Crippen LogP contribution is -2.44. The number of nitro benzene ring substituents is 1. The number of benzene rings is 2. The van der Waals surface area contributed by atoms with Crippen molar-refractivity contribution >= 4 is 23.1 Å². The maximum absolute atomic E-state index is 12.6. The number of anilines is 2. The Morgan fingerprint density at radius 3 is 2.50 bits per heavy atom. The summed E-state index contributed by atoms with van der Waals surface area (Å²) in [5.74, 6) is 0.439. The summed E-state index contributed by atoms with van der Waals surface area (Å²) < 4.78 is 0. The Bertz CT molecular complexity index is 1140. The second-order valence-corrected chi connectivity index (χ2v) is 7.86. The van der Waals surface area contributed by atoms with Gasteiger partial charge < -0.3 is 15.1 Å². The third-order valence-corrected chi connectivity index (χ3v) is 5.56. The molecule has 1 N–H and O–H groups in total. The monoisotopic (exact) mass is 432 g/mol. The van der Waals surface area contributed by atoms with Crippen LogP contribution in [0.3, 0.4) is 0 Å². The fourth-order valence-electron chi connectivity index (χ4n) is 3.59. The Labute approximate surface area is 185 Å². The van der Waals surface area contributed by atoms with Gasteiger partial charge >= 0.3 is 0 Å². The smallest absolute Gasteiger partial charge is 0.273 e. The van der Waals surface area contributed by atoms with Gasteiger partial charge in [0.05, 0.1) is 10.6 Å². The number of aryl methyl sites for hydroxylation is 1. The van der Waals surface area contributed by atoms with Crippen LogP contribution in [0.25, 0.3) is 11.3 Å². The molecule has 3 aromatic rings. The number of nitro groups is 1. The number of piperazine rings is 1. The number of carbonyl (C=O) groups is 1. The molecular formula is C23H24N6O3. The van der Waals surface area contributed by atoms with Crippen LogP contribution < -0.4 is 10.2 Å². The highest BCUT2D eigenvalue weighted by atomic mass is 16.6. The normalized spacial score (nSPS) is 14.2. The summed E-state index contributed by atoms with van der Waals surface area (Å²) in [4.78, 5) is 27.8. The predicted octanol–water partition coefficient (Wildman–Crippen LogP) is 3.36. The molecule has 9 nitrogen and oxygen atoms in total. The predicted molar refractivity (Wildman–Crippen MR) is 123 cm³/mol. The van der Waals surface area contributed by atoms with E-state index in [4.69, 9.17) is 0 Å². The number of rotatable bonds is 5. The van der Waals surface area contributed by atoms with Crippen molar-refractivity contribution in [1.82, 2.24) is 15.1 Å². The number of carbonyl (C=O) groups excluding carboxylic acids is 1. The maximum Gasteiger partial charge on any atom is 0.273 e. The van der Waals surface area contributed by atoms with Crippen molar-refractivity contribution in [1.29, 1.82) is 0 Å². The molecule has 32 heavy (non-hydrogen) atoms. The number of aromatic nitrogens is 2. The number of hydrogen-bond donors (Lipinski definition) is 1. The van der Waals surface area contributed by atoms with Crippen molar-refractivity contribution in [2.45, 2.75) is 6.92 Å². The van der Waals surface area contributed by atoms with Crippen LogP contribution in [-0.4, -0.2) is 59.2 Å². The molecule has 0 bridgehead atoms. The first-order valence-electron chi connectivity index (χ1n) is 10.3. The van der Waals surface area contributed by atoms with Crippen molar-refractivity contribution < 1.29 is 9.72 Å². The maximum atomic E-state index is 12.6. The lowest BCUT2D eigenvalue weighted by Gasteiger charge is -2.32. The molecule has 0 atom stereocenters. The molecule has 4 rings (SSSR count). The van der Waals surface area contributed by atoms with Crippen LogP contribution in [0.15, 0.2) is 54.6 Å². The third kappa shape index (κ3) is 4.73. The van der Waals surface area contributed by atoms with Crippen molar-refractivity contribution in [2.24, 2.45) is 0 Å². The minimum Gasteiger partial charge on any atom is -0.353 e. The van der Waals surface area contributed by atoms with Gasteiger partial charge in [0.25, 0.3) is 11.6 Å². The van der Waals surface area contributed by atoms with Gasteiger partial charge in [-0.05, 0) is 44.3 Å². The van der Waals surface area contributed by atoms with Crippen molar-refractivity contribution in [3.05, 3.63) is 75.8 Å². The highest BCUT2D eigenvalue weighted by Crippen LogP contribution is 2.24. The zero-order valence-corrected chi connectivity index (χ0v) is 18.0. The van der Waals surface area contributed by atoms with Crippen LogP contribution in [0.4, 0.5) is 17.2 Å². The first-order chi connectivity index (χ1) is 15.4. The minimum absolute atomic E-state index is 0.0814. The first-order valence-corrected chi connectivity index (χ1v) is 10.3. The van der Waals surface area contributed by atoms with Crippen LogP contribution in [-0.2, 0) is 0 Å². The molecule has 0 unspecified atom stereocenters. The number of nitrogens with zero attached hydrogens (tertiary/aromatic N) is 5. The van der Waals surface area contributed by atoms with E-state index >= 15 is 0 Å². The fourth-order valence-corrected chi connectivity index (χ4v) is 3.59. The molecule has 164 valence electrons. The van der Waals surface area contributed by atoms with Crippen LogP contribution in [0.1, 0.15) is 15.9 Å². The Morgan fingerprint density at radius 2 is 1.81 bits per heavy atom. The number of nitrogens with one attached hydrogen (secondary N) is 1. The van der Waals surface area contributed by atoms with Gasteiger partial charge in [0.15, 0.2) is 5.82 Å². The van der Waals surface area contributed by atoms with Gasteiger partial charge in [0, 0.05) is 54.6 Å². The van der Waals surface area contributed by atoms with Crippen LogP contribution >= 0.6 is 0 Å². The summed E-state index contributed by atoms with van der Waals surface area (Å²) in [7, 11) is 2.11. The van der Waals surface area contributed by atoms with Crippen LogP contribution in [0, 0.1) is 17.0 Å². The molecule has 1 saturated heterocycles. The van der Waals surface area contributed by atoms with Crippen LogP contribution in [0.2, 0.25) is 0 Å². The molecule has 1 aromatic heterocycles. The zero-order valence-electron chi connectivity index (χ0n) is 18.0. The fraction of sp³-hybridized carbons (Fsp3) is 0.261. The highest BCUT2D eigenvalue weighted by molar-refractivity contribution is 6.05. The topological polar surface area (TPSA) is 104 Å². The average Bonchev–Trinajstić information content (AvgIpc) is 2.80. The summed E-state index contributed by atoms with van der Waals surface area (Å²) in [5, 5.41) is 22.7. The molecule has 0 spiro atoms. The van der Waals surface area contributed by atoms with E-state index in [1.54, 1.807) is 31.2 Å². The quantitative estimate of drug-likeness (QED) is 0.487. The van der Waals surface area contributed by atoms with E-state index in [-0.39, 0.29) is 11.3 Å². The molecule has 2 heterocycles. The summed E-state index contributed by atoms with van der Waals surface area (Å²) in [6.45, 7) is 5.47. The van der Waals surface area contributed by atoms with E-state index in [9.17, 15) is 14.9 Å². The molecule has 1 amide bonds. The van der Waals surface area contributed by atoms with Gasteiger partial charge in [-0.2, -0.15) is 0 Å². The van der Waals surface area contributed by atoms with Gasteiger partial charge in [0.1, 0.15) is 0 Å². The van der Waals surface area contributed by atoms with Gasteiger partial charge in [0.2, 0.25) is 0 Å². The standard InChI is InChI=1S/C23H24N6O3/c1-16-6-7-18(15-21(16)29(31)32)23(30)24-19-5-3-4-17(14-19)20-8-9-22(26-25-20)28-12-10-27(2)11-13-28/h3-9,14-15H,10-13H2,1-2H3,(H,24,30). The number of hydrogen-bond acceptors (Lipinski definition) is 7. The number of amides is 1. The van der Waals surface area contributed by atoms with Crippen molar-refractivity contribution in [3.8, 4) is 11.3 Å². The molecule has 9 heteroatoms. The summed E-state index contributed by atoms with van der Waals surface area (Å²) >= 11 is 0. The summed E-state index contributed by atoms with van der Waals surface area (Å²) in [5.41, 5.74) is 2.74. The highest BCUT2D eigenvalue weighted by Gasteiger charge is 2.17. The lowest BCUT2D eigenvalue weighted by atomic mass is 10.1. The molecule has 0 radical (unpaired) electrons. The molecule has 1 aliphatic rings. The molecule has 0 aliphatic carbocycles. The largest absolute Gasteiger partial charge is 0.353 e.